The Hall–Kier alpha value is -1.53. The fourth-order valence-electron chi connectivity index (χ4n) is 1.28. The predicted octanol–water partition coefficient (Wildman–Crippen LogP) is 3.23. The summed E-state index contributed by atoms with van der Waals surface area (Å²) in [4.78, 5) is 21.1. The molecule has 1 aromatic rings. The highest BCUT2D eigenvalue weighted by molar-refractivity contribution is 6.42. The summed E-state index contributed by atoms with van der Waals surface area (Å²) >= 11 is 11.5. The first-order chi connectivity index (χ1) is 8.95. The summed E-state index contributed by atoms with van der Waals surface area (Å²) in [5.41, 5.74) is -0.271. The minimum absolute atomic E-state index is 0.0178. The number of nitro benzene ring substituents is 1. The molecule has 0 aromatic heterocycles. The molecule has 0 saturated heterocycles. The maximum Gasteiger partial charge on any atom is 0.312 e. The lowest BCUT2D eigenvalue weighted by atomic mass is 10.3. The lowest BCUT2D eigenvalue weighted by molar-refractivity contribution is -0.385. The van der Waals surface area contributed by atoms with Crippen molar-refractivity contribution in [2.45, 2.75) is 12.8 Å². The van der Waals surface area contributed by atoms with Crippen LogP contribution in [0, 0.1) is 10.1 Å². The van der Waals surface area contributed by atoms with Gasteiger partial charge in [-0.05, 0) is 6.42 Å². The van der Waals surface area contributed by atoms with Crippen molar-refractivity contribution in [1.82, 2.24) is 0 Å². The van der Waals surface area contributed by atoms with Gasteiger partial charge in [0.25, 0.3) is 0 Å². The van der Waals surface area contributed by atoms with E-state index in [1.165, 1.54) is 13.2 Å². The van der Waals surface area contributed by atoms with Gasteiger partial charge in [0.15, 0.2) is 5.75 Å². The number of carbonyl (C=O) groups is 1. The van der Waals surface area contributed by atoms with Crippen LogP contribution in [0.3, 0.4) is 0 Å². The van der Waals surface area contributed by atoms with Crippen LogP contribution in [-0.2, 0) is 9.53 Å². The van der Waals surface area contributed by atoms with Crippen LogP contribution in [0.2, 0.25) is 10.0 Å². The van der Waals surface area contributed by atoms with E-state index >= 15 is 0 Å². The van der Waals surface area contributed by atoms with Crippen LogP contribution in [0.4, 0.5) is 5.69 Å². The molecule has 0 atom stereocenters. The molecule has 0 N–H and O–H groups in total. The number of benzene rings is 1. The van der Waals surface area contributed by atoms with Gasteiger partial charge >= 0.3 is 11.7 Å². The first-order valence-corrected chi connectivity index (χ1v) is 6.04. The summed E-state index contributed by atoms with van der Waals surface area (Å²) in [5, 5.41) is 11.1. The molecule has 0 fully saturated rings. The molecule has 0 aliphatic heterocycles. The lowest BCUT2D eigenvalue weighted by Crippen LogP contribution is -2.05. The summed E-state index contributed by atoms with van der Waals surface area (Å²) in [6.07, 6.45) is 0.551. The Morgan fingerprint density at radius 1 is 1.37 bits per heavy atom. The van der Waals surface area contributed by atoms with Gasteiger partial charge in [-0.15, -0.1) is 0 Å². The van der Waals surface area contributed by atoms with Crippen LogP contribution < -0.4 is 4.74 Å². The number of nitro groups is 1. The molecule has 0 amide bonds. The molecule has 104 valence electrons. The molecule has 0 unspecified atom stereocenters. The van der Waals surface area contributed by atoms with Crippen molar-refractivity contribution >= 4 is 34.9 Å². The second kappa shape index (κ2) is 7.16. The molecule has 1 rings (SSSR count). The van der Waals surface area contributed by atoms with Crippen LogP contribution in [0.1, 0.15) is 12.8 Å². The van der Waals surface area contributed by atoms with E-state index in [1.54, 1.807) is 0 Å². The second-order valence-corrected chi connectivity index (χ2v) is 4.33. The maximum absolute atomic E-state index is 10.9. The average molecular weight is 308 g/mol. The highest BCUT2D eigenvalue weighted by Gasteiger charge is 2.18. The zero-order valence-corrected chi connectivity index (χ0v) is 11.5. The summed E-state index contributed by atoms with van der Waals surface area (Å²) in [5.74, 6) is -0.350. The fourth-order valence-corrected chi connectivity index (χ4v) is 1.59. The third-order valence-electron chi connectivity index (χ3n) is 2.21. The number of hydrogen-bond acceptors (Lipinski definition) is 5. The Bertz CT molecular complexity index is 492. The number of esters is 1. The molecule has 6 nitrogen and oxygen atoms in total. The van der Waals surface area contributed by atoms with E-state index in [0.717, 1.165) is 6.07 Å². The standard InChI is InChI=1S/C11H11Cl2NO5/c1-18-11(15)3-2-4-19-10-6-8(13)7(12)5-9(10)14(16)17/h5-6H,2-4H2,1H3. The predicted molar refractivity (Wildman–Crippen MR) is 69.9 cm³/mol. The molecule has 0 spiro atoms. The number of methoxy groups -OCH3 is 1. The number of ether oxygens (including phenoxy) is 2. The van der Waals surface area contributed by atoms with E-state index in [-0.39, 0.29) is 40.5 Å². The zero-order valence-electron chi connectivity index (χ0n) is 10.0. The molecule has 0 heterocycles. The van der Waals surface area contributed by atoms with Crippen LogP contribution in [0.25, 0.3) is 0 Å². The van der Waals surface area contributed by atoms with Crippen molar-refractivity contribution in [3.05, 3.63) is 32.3 Å². The minimum Gasteiger partial charge on any atom is -0.487 e. The normalized spacial score (nSPS) is 10.1. The molecular formula is C11H11Cl2NO5. The Morgan fingerprint density at radius 2 is 2.00 bits per heavy atom. The third-order valence-corrected chi connectivity index (χ3v) is 2.93. The molecule has 8 heteroatoms. The third kappa shape index (κ3) is 4.57. The average Bonchev–Trinajstić information content (AvgIpc) is 2.37. The van der Waals surface area contributed by atoms with E-state index in [9.17, 15) is 14.9 Å². The topological polar surface area (TPSA) is 78.7 Å². The zero-order chi connectivity index (χ0) is 14.4. The van der Waals surface area contributed by atoms with Gasteiger partial charge in [0.1, 0.15) is 0 Å². The van der Waals surface area contributed by atoms with Gasteiger partial charge < -0.3 is 9.47 Å². The van der Waals surface area contributed by atoms with E-state index in [2.05, 4.69) is 4.74 Å². The van der Waals surface area contributed by atoms with E-state index in [4.69, 9.17) is 27.9 Å². The van der Waals surface area contributed by atoms with Crippen LogP contribution in [-0.4, -0.2) is 24.6 Å². The summed E-state index contributed by atoms with van der Waals surface area (Å²) in [6.45, 7) is 0.133. The van der Waals surface area contributed by atoms with Crippen LogP contribution >= 0.6 is 23.2 Å². The number of halogens is 2. The minimum atomic E-state index is -0.613. The van der Waals surface area contributed by atoms with Gasteiger partial charge in [0.2, 0.25) is 0 Å². The maximum atomic E-state index is 10.9. The van der Waals surface area contributed by atoms with E-state index in [1.807, 2.05) is 0 Å². The van der Waals surface area contributed by atoms with Gasteiger partial charge in [-0.3, -0.25) is 14.9 Å². The van der Waals surface area contributed by atoms with E-state index in [0.29, 0.717) is 6.42 Å². The largest absolute Gasteiger partial charge is 0.487 e. The summed E-state index contributed by atoms with van der Waals surface area (Å²) < 4.78 is 9.69. The van der Waals surface area contributed by atoms with E-state index < -0.39 is 4.92 Å². The Morgan fingerprint density at radius 3 is 2.58 bits per heavy atom. The molecule has 19 heavy (non-hydrogen) atoms. The van der Waals surface area contributed by atoms with Crippen molar-refractivity contribution in [3.8, 4) is 5.75 Å². The molecule has 0 bridgehead atoms. The molecule has 0 aliphatic rings. The van der Waals surface area contributed by atoms with Crippen molar-refractivity contribution in [3.63, 3.8) is 0 Å². The van der Waals surface area contributed by atoms with Gasteiger partial charge in [0, 0.05) is 18.6 Å². The van der Waals surface area contributed by atoms with Crippen LogP contribution in [0.15, 0.2) is 12.1 Å². The van der Waals surface area contributed by atoms with Crippen molar-refractivity contribution in [1.29, 1.82) is 0 Å². The monoisotopic (exact) mass is 307 g/mol. The van der Waals surface area contributed by atoms with Crippen molar-refractivity contribution < 1.29 is 19.2 Å². The Balaban J connectivity index is 2.69. The number of nitrogens with zero attached hydrogens (tertiary/aromatic N) is 1. The van der Waals surface area contributed by atoms with Gasteiger partial charge in [-0.2, -0.15) is 0 Å². The van der Waals surface area contributed by atoms with Crippen molar-refractivity contribution in [2.24, 2.45) is 0 Å². The SMILES string of the molecule is COC(=O)CCCOc1cc(Cl)c(Cl)cc1[N+](=O)[O-]. The molecule has 0 radical (unpaired) electrons. The highest BCUT2D eigenvalue weighted by Crippen LogP contribution is 2.35. The molecular weight excluding hydrogens is 297 g/mol. The Labute approximate surface area is 119 Å². The first-order valence-electron chi connectivity index (χ1n) is 5.28. The number of hydrogen-bond donors (Lipinski definition) is 0. The van der Waals surface area contributed by atoms with Crippen LogP contribution in [0.5, 0.6) is 5.75 Å². The first kappa shape index (κ1) is 15.5. The molecule has 0 aliphatic carbocycles. The Kier molecular flexibility index (Phi) is 5.85. The quantitative estimate of drug-likeness (QED) is 0.349. The summed E-state index contributed by atoms with van der Waals surface area (Å²) in [7, 11) is 1.28. The molecule has 1 aromatic carbocycles. The fraction of sp³-hybridized carbons (Fsp3) is 0.364. The lowest BCUT2D eigenvalue weighted by Gasteiger charge is -2.07. The van der Waals surface area contributed by atoms with Gasteiger partial charge in [-0.25, -0.2) is 0 Å². The summed E-state index contributed by atoms with van der Waals surface area (Å²) in [6, 6.07) is 2.40. The number of rotatable bonds is 6. The van der Waals surface area contributed by atoms with Gasteiger partial charge in [-0.1, -0.05) is 23.2 Å². The highest BCUT2D eigenvalue weighted by atomic mass is 35.5. The smallest absolute Gasteiger partial charge is 0.312 e. The number of carbonyl (C=O) groups excluding carboxylic acids is 1. The van der Waals surface area contributed by atoms with Crippen molar-refractivity contribution in [2.75, 3.05) is 13.7 Å². The second-order valence-electron chi connectivity index (χ2n) is 3.52. The van der Waals surface area contributed by atoms with Gasteiger partial charge in [0.05, 0.1) is 28.7 Å². The molecule has 0 saturated carbocycles.